The zero-order chi connectivity index (χ0) is 13.8. The van der Waals surface area contributed by atoms with Crippen LogP contribution in [-0.2, 0) is 19.1 Å². The van der Waals surface area contributed by atoms with Crippen molar-refractivity contribution < 1.29 is 24.2 Å². The van der Waals surface area contributed by atoms with Crippen LogP contribution >= 0.6 is 0 Å². The van der Waals surface area contributed by atoms with Crippen LogP contribution in [0, 0.1) is 11.8 Å². The van der Waals surface area contributed by atoms with Crippen molar-refractivity contribution in [3.05, 3.63) is 0 Å². The SMILES string of the molecule is CCOC(=O)C(C(=O)OCC)C1(O)CCC(C)C1. The summed E-state index contributed by atoms with van der Waals surface area (Å²) in [4.78, 5) is 23.8. The fourth-order valence-corrected chi connectivity index (χ4v) is 2.55. The fourth-order valence-electron chi connectivity index (χ4n) is 2.55. The van der Waals surface area contributed by atoms with Crippen molar-refractivity contribution in [2.45, 2.75) is 45.6 Å². The van der Waals surface area contributed by atoms with E-state index in [2.05, 4.69) is 0 Å². The van der Waals surface area contributed by atoms with Crippen molar-refractivity contribution in [3.63, 3.8) is 0 Å². The van der Waals surface area contributed by atoms with Crippen molar-refractivity contribution in [3.8, 4) is 0 Å². The van der Waals surface area contributed by atoms with Gasteiger partial charge in [0.2, 0.25) is 0 Å². The zero-order valence-corrected chi connectivity index (χ0v) is 11.3. The third-order valence-electron chi connectivity index (χ3n) is 3.35. The van der Waals surface area contributed by atoms with E-state index < -0.39 is 23.5 Å². The maximum absolute atomic E-state index is 11.9. The van der Waals surface area contributed by atoms with E-state index in [1.807, 2.05) is 6.92 Å². The average Bonchev–Trinajstić information content (AvgIpc) is 2.60. The lowest BCUT2D eigenvalue weighted by Crippen LogP contribution is -2.46. The molecule has 104 valence electrons. The molecule has 18 heavy (non-hydrogen) atoms. The van der Waals surface area contributed by atoms with Crippen LogP contribution in [0.1, 0.15) is 40.0 Å². The van der Waals surface area contributed by atoms with Crippen molar-refractivity contribution in [2.75, 3.05) is 13.2 Å². The molecule has 1 N–H and O–H groups in total. The first-order valence-electron chi connectivity index (χ1n) is 6.50. The van der Waals surface area contributed by atoms with E-state index >= 15 is 0 Å². The van der Waals surface area contributed by atoms with Gasteiger partial charge in [-0.2, -0.15) is 0 Å². The van der Waals surface area contributed by atoms with E-state index in [9.17, 15) is 14.7 Å². The van der Waals surface area contributed by atoms with E-state index in [4.69, 9.17) is 9.47 Å². The van der Waals surface area contributed by atoms with Crippen LogP contribution in [0.2, 0.25) is 0 Å². The third kappa shape index (κ3) is 3.22. The number of rotatable bonds is 5. The van der Waals surface area contributed by atoms with Gasteiger partial charge in [-0.1, -0.05) is 6.92 Å². The molecular formula is C13H22O5. The van der Waals surface area contributed by atoms with Crippen molar-refractivity contribution >= 4 is 11.9 Å². The number of carbonyl (C=O) groups is 2. The Bertz CT molecular complexity index is 297. The Labute approximate surface area is 107 Å². The van der Waals surface area contributed by atoms with E-state index in [-0.39, 0.29) is 13.2 Å². The summed E-state index contributed by atoms with van der Waals surface area (Å²) in [5.74, 6) is -2.30. The maximum Gasteiger partial charge on any atom is 0.323 e. The molecule has 0 aromatic rings. The van der Waals surface area contributed by atoms with Crippen LogP contribution in [0.25, 0.3) is 0 Å². The van der Waals surface area contributed by atoms with Gasteiger partial charge < -0.3 is 14.6 Å². The quantitative estimate of drug-likeness (QED) is 0.594. The molecular weight excluding hydrogens is 236 g/mol. The highest BCUT2D eigenvalue weighted by Gasteiger charge is 2.51. The molecule has 0 bridgehead atoms. The lowest BCUT2D eigenvalue weighted by molar-refractivity contribution is -0.174. The molecule has 0 amide bonds. The number of aliphatic hydroxyl groups is 1. The number of esters is 2. The summed E-state index contributed by atoms with van der Waals surface area (Å²) in [5.41, 5.74) is -1.32. The Hall–Kier alpha value is -1.10. The summed E-state index contributed by atoms with van der Waals surface area (Å²) in [6.45, 7) is 5.69. The number of hydrogen-bond acceptors (Lipinski definition) is 5. The van der Waals surface area contributed by atoms with Gasteiger partial charge in [-0.25, -0.2) is 0 Å². The van der Waals surface area contributed by atoms with Crippen LogP contribution in [-0.4, -0.2) is 35.9 Å². The second kappa shape index (κ2) is 6.18. The minimum atomic E-state index is -1.32. The molecule has 0 saturated heterocycles. The molecule has 1 aliphatic rings. The van der Waals surface area contributed by atoms with Gasteiger partial charge in [0.15, 0.2) is 5.92 Å². The predicted molar refractivity (Wildman–Crippen MR) is 64.7 cm³/mol. The summed E-state index contributed by atoms with van der Waals surface area (Å²) in [6.07, 6.45) is 1.65. The summed E-state index contributed by atoms with van der Waals surface area (Å²) in [5, 5.41) is 10.5. The van der Waals surface area contributed by atoms with Crippen LogP contribution in [0.3, 0.4) is 0 Å². The van der Waals surface area contributed by atoms with Gasteiger partial charge >= 0.3 is 11.9 Å². The van der Waals surface area contributed by atoms with Crippen LogP contribution < -0.4 is 0 Å². The minimum Gasteiger partial charge on any atom is -0.465 e. The second-order valence-corrected chi connectivity index (χ2v) is 4.89. The molecule has 0 aromatic heterocycles. The van der Waals surface area contributed by atoms with Crippen LogP contribution in [0.15, 0.2) is 0 Å². The molecule has 0 radical (unpaired) electrons. The summed E-state index contributed by atoms with van der Waals surface area (Å²) in [6, 6.07) is 0. The summed E-state index contributed by atoms with van der Waals surface area (Å²) in [7, 11) is 0. The van der Waals surface area contributed by atoms with Crippen molar-refractivity contribution in [1.82, 2.24) is 0 Å². The van der Waals surface area contributed by atoms with E-state index in [0.29, 0.717) is 18.8 Å². The van der Waals surface area contributed by atoms with E-state index in [1.165, 1.54) is 0 Å². The van der Waals surface area contributed by atoms with Gasteiger partial charge in [-0.15, -0.1) is 0 Å². The molecule has 1 saturated carbocycles. The molecule has 1 fully saturated rings. The lowest BCUT2D eigenvalue weighted by Gasteiger charge is -2.29. The van der Waals surface area contributed by atoms with Crippen molar-refractivity contribution in [1.29, 1.82) is 0 Å². The molecule has 1 rings (SSSR count). The van der Waals surface area contributed by atoms with E-state index in [0.717, 1.165) is 6.42 Å². The van der Waals surface area contributed by atoms with Crippen molar-refractivity contribution in [2.24, 2.45) is 11.8 Å². The normalized spacial score (nSPS) is 27.3. The smallest absolute Gasteiger partial charge is 0.323 e. The standard InChI is InChI=1S/C13H22O5/c1-4-17-11(14)10(12(15)18-5-2)13(16)7-6-9(3)8-13/h9-10,16H,4-8H2,1-3H3. The average molecular weight is 258 g/mol. The maximum atomic E-state index is 11.9. The largest absolute Gasteiger partial charge is 0.465 e. The first kappa shape index (κ1) is 15.0. The lowest BCUT2D eigenvalue weighted by atomic mass is 9.85. The predicted octanol–water partition coefficient (Wildman–Crippen LogP) is 1.28. The molecule has 0 aromatic carbocycles. The zero-order valence-electron chi connectivity index (χ0n) is 11.3. The highest BCUT2D eigenvalue weighted by Crippen LogP contribution is 2.40. The third-order valence-corrected chi connectivity index (χ3v) is 3.35. The number of hydrogen-bond donors (Lipinski definition) is 1. The Balaban J connectivity index is 2.89. The van der Waals surface area contributed by atoms with E-state index in [1.54, 1.807) is 13.8 Å². The van der Waals surface area contributed by atoms with Gasteiger partial charge in [0, 0.05) is 0 Å². The highest BCUT2D eigenvalue weighted by atomic mass is 16.6. The van der Waals surface area contributed by atoms with Gasteiger partial charge in [-0.3, -0.25) is 9.59 Å². The highest BCUT2D eigenvalue weighted by molar-refractivity contribution is 5.96. The first-order chi connectivity index (χ1) is 8.44. The number of ether oxygens (including phenoxy) is 2. The Morgan fingerprint density at radius 1 is 1.28 bits per heavy atom. The van der Waals surface area contributed by atoms with Gasteiger partial charge in [0.05, 0.1) is 18.8 Å². The molecule has 5 heteroatoms. The number of carbonyl (C=O) groups excluding carboxylic acids is 2. The molecule has 0 heterocycles. The molecule has 2 unspecified atom stereocenters. The first-order valence-corrected chi connectivity index (χ1v) is 6.50. The molecule has 5 nitrogen and oxygen atoms in total. The van der Waals surface area contributed by atoms with Gasteiger partial charge in [0.25, 0.3) is 0 Å². The van der Waals surface area contributed by atoms with Crippen LogP contribution in [0.5, 0.6) is 0 Å². The van der Waals surface area contributed by atoms with Gasteiger partial charge in [0.1, 0.15) is 0 Å². The second-order valence-electron chi connectivity index (χ2n) is 4.89. The summed E-state index contributed by atoms with van der Waals surface area (Å²) >= 11 is 0. The summed E-state index contributed by atoms with van der Waals surface area (Å²) < 4.78 is 9.77. The molecule has 0 spiro atoms. The Kier molecular flexibility index (Phi) is 5.14. The fraction of sp³-hybridized carbons (Fsp3) is 0.846. The van der Waals surface area contributed by atoms with Crippen LogP contribution in [0.4, 0.5) is 0 Å². The Morgan fingerprint density at radius 3 is 2.11 bits per heavy atom. The molecule has 2 atom stereocenters. The Morgan fingerprint density at radius 2 is 1.78 bits per heavy atom. The molecule has 0 aliphatic heterocycles. The monoisotopic (exact) mass is 258 g/mol. The van der Waals surface area contributed by atoms with Gasteiger partial charge in [-0.05, 0) is 39.0 Å². The molecule has 1 aliphatic carbocycles. The topological polar surface area (TPSA) is 72.8 Å². The minimum absolute atomic E-state index is 0.181.